The predicted molar refractivity (Wildman–Crippen MR) is 81.6 cm³/mol. The molecule has 1 aromatic carbocycles. The van der Waals surface area contributed by atoms with E-state index in [1.165, 1.54) is 25.7 Å². The monoisotopic (exact) mass is 278 g/mol. The van der Waals surface area contributed by atoms with E-state index < -0.39 is 0 Å². The number of hydrazine groups is 1. The van der Waals surface area contributed by atoms with Crippen molar-refractivity contribution in [3.8, 4) is 0 Å². The summed E-state index contributed by atoms with van der Waals surface area (Å²) in [6, 6.07) is 5.51. The largest absolute Gasteiger partial charge is 0.271 e. The molecule has 0 aliphatic heterocycles. The van der Waals surface area contributed by atoms with Crippen molar-refractivity contribution in [3.63, 3.8) is 0 Å². The summed E-state index contributed by atoms with van der Waals surface area (Å²) in [5, 5.41) is 0. The Bertz CT molecular complexity index is 450. The molecular formula is C17H27FN2. The minimum absolute atomic E-state index is 0.117. The van der Waals surface area contributed by atoms with E-state index in [1.807, 2.05) is 19.1 Å². The van der Waals surface area contributed by atoms with Gasteiger partial charge in [-0.25, -0.2) is 4.39 Å². The molecule has 3 N–H and O–H groups in total. The Hall–Kier alpha value is -0.930. The summed E-state index contributed by atoms with van der Waals surface area (Å²) >= 11 is 0. The lowest BCUT2D eigenvalue weighted by molar-refractivity contribution is 0.156. The van der Waals surface area contributed by atoms with Crippen molar-refractivity contribution in [2.24, 2.45) is 17.2 Å². The Morgan fingerprint density at radius 2 is 1.95 bits per heavy atom. The molecule has 1 fully saturated rings. The van der Waals surface area contributed by atoms with E-state index in [2.05, 4.69) is 19.3 Å². The third-order valence-corrected chi connectivity index (χ3v) is 4.71. The lowest BCUT2D eigenvalue weighted by Gasteiger charge is -2.39. The maximum atomic E-state index is 13.5. The number of hydrogen-bond donors (Lipinski definition) is 2. The average molecular weight is 278 g/mol. The molecule has 1 unspecified atom stereocenters. The summed E-state index contributed by atoms with van der Waals surface area (Å²) in [4.78, 5) is 0. The van der Waals surface area contributed by atoms with Crippen LogP contribution in [0.15, 0.2) is 18.2 Å². The van der Waals surface area contributed by atoms with Gasteiger partial charge < -0.3 is 0 Å². The zero-order valence-electron chi connectivity index (χ0n) is 12.9. The Morgan fingerprint density at radius 1 is 1.30 bits per heavy atom. The topological polar surface area (TPSA) is 38.0 Å². The lowest BCUT2D eigenvalue weighted by Crippen LogP contribution is -2.41. The first-order chi connectivity index (χ1) is 9.48. The van der Waals surface area contributed by atoms with Gasteiger partial charge in [-0.3, -0.25) is 11.3 Å². The molecule has 0 radical (unpaired) electrons. The van der Waals surface area contributed by atoms with Crippen molar-refractivity contribution >= 4 is 0 Å². The summed E-state index contributed by atoms with van der Waals surface area (Å²) in [5.74, 6) is 6.39. The van der Waals surface area contributed by atoms with Crippen LogP contribution in [0.2, 0.25) is 0 Å². The molecule has 0 spiro atoms. The molecule has 0 bridgehead atoms. The molecule has 1 atom stereocenters. The van der Waals surface area contributed by atoms with Crippen LogP contribution in [0, 0.1) is 24.1 Å². The summed E-state index contributed by atoms with van der Waals surface area (Å²) in [7, 11) is 0. The van der Waals surface area contributed by atoms with E-state index in [-0.39, 0.29) is 17.3 Å². The Labute approximate surface area is 121 Å². The molecule has 3 heteroatoms. The smallest absolute Gasteiger partial charge is 0.126 e. The highest BCUT2D eigenvalue weighted by molar-refractivity contribution is 5.28. The maximum absolute atomic E-state index is 13.5. The van der Waals surface area contributed by atoms with Crippen LogP contribution in [0.3, 0.4) is 0 Å². The molecule has 0 aromatic heterocycles. The van der Waals surface area contributed by atoms with Crippen LogP contribution < -0.4 is 11.3 Å². The van der Waals surface area contributed by atoms with Gasteiger partial charge in [0, 0.05) is 0 Å². The first-order valence-electron chi connectivity index (χ1n) is 7.71. The molecule has 0 amide bonds. The summed E-state index contributed by atoms with van der Waals surface area (Å²) in [6.45, 7) is 6.35. The van der Waals surface area contributed by atoms with Crippen molar-refractivity contribution in [2.45, 2.75) is 58.9 Å². The minimum atomic E-state index is -0.145. The van der Waals surface area contributed by atoms with E-state index in [9.17, 15) is 4.39 Å². The summed E-state index contributed by atoms with van der Waals surface area (Å²) < 4.78 is 13.5. The molecule has 112 valence electrons. The Morgan fingerprint density at radius 3 is 2.45 bits per heavy atom. The second-order valence-electron chi connectivity index (χ2n) is 6.78. The van der Waals surface area contributed by atoms with Gasteiger partial charge in [-0.05, 0) is 54.7 Å². The number of nitrogens with two attached hydrogens (primary N) is 1. The predicted octanol–water partition coefficient (Wildman–Crippen LogP) is 4.25. The lowest BCUT2D eigenvalue weighted by atomic mass is 9.70. The van der Waals surface area contributed by atoms with Crippen molar-refractivity contribution in [3.05, 3.63) is 35.1 Å². The van der Waals surface area contributed by atoms with Gasteiger partial charge in [0.2, 0.25) is 0 Å². The van der Waals surface area contributed by atoms with Crippen LogP contribution in [0.25, 0.3) is 0 Å². The van der Waals surface area contributed by atoms with Crippen LogP contribution >= 0.6 is 0 Å². The fourth-order valence-corrected chi connectivity index (χ4v) is 3.98. The van der Waals surface area contributed by atoms with Gasteiger partial charge in [0.25, 0.3) is 0 Å². The average Bonchev–Trinajstić information content (AvgIpc) is 2.83. The fourth-order valence-electron chi connectivity index (χ4n) is 3.98. The number of halogens is 1. The first kappa shape index (κ1) is 15.5. The van der Waals surface area contributed by atoms with Gasteiger partial charge in [0.15, 0.2) is 0 Å². The third kappa shape index (κ3) is 3.04. The number of nitrogens with one attached hydrogen (secondary N) is 1. The molecule has 2 nitrogen and oxygen atoms in total. The second-order valence-corrected chi connectivity index (χ2v) is 6.78. The molecule has 2 rings (SSSR count). The van der Waals surface area contributed by atoms with Crippen molar-refractivity contribution in [1.29, 1.82) is 0 Å². The molecule has 20 heavy (non-hydrogen) atoms. The number of hydrogen-bond acceptors (Lipinski definition) is 2. The molecule has 0 heterocycles. The molecule has 1 aromatic rings. The molecular weight excluding hydrogens is 251 g/mol. The standard InChI is InChI=1S/C17H27FN2/c1-12(2)11-17(8-4-5-9-17)16(20-19)14-6-7-15(18)13(3)10-14/h6-7,10,12,16,20H,4-5,8-9,11,19H2,1-3H3. The first-order valence-corrected chi connectivity index (χ1v) is 7.71. The number of aryl methyl sites for hydroxylation is 1. The normalized spacial score (nSPS) is 19.5. The van der Waals surface area contributed by atoms with Gasteiger partial charge in [-0.15, -0.1) is 0 Å². The fraction of sp³-hybridized carbons (Fsp3) is 0.647. The van der Waals surface area contributed by atoms with Gasteiger partial charge in [0.1, 0.15) is 5.82 Å². The Balaban J connectivity index is 2.35. The molecule has 1 aliphatic rings. The highest BCUT2D eigenvalue weighted by Crippen LogP contribution is 2.51. The SMILES string of the molecule is Cc1cc(C(NN)C2(CC(C)C)CCCC2)ccc1F. The van der Waals surface area contributed by atoms with Gasteiger partial charge in [0.05, 0.1) is 6.04 Å². The molecule has 0 saturated heterocycles. The van der Waals surface area contributed by atoms with Crippen molar-refractivity contribution in [1.82, 2.24) is 5.43 Å². The Kier molecular flexibility index (Phi) is 4.82. The van der Waals surface area contributed by atoms with Crippen LogP contribution in [0.4, 0.5) is 4.39 Å². The van der Waals surface area contributed by atoms with E-state index in [4.69, 9.17) is 5.84 Å². The summed E-state index contributed by atoms with van der Waals surface area (Å²) in [5.41, 5.74) is 5.06. The highest BCUT2D eigenvalue weighted by Gasteiger charge is 2.41. The molecule has 1 saturated carbocycles. The number of rotatable bonds is 5. The van der Waals surface area contributed by atoms with Crippen molar-refractivity contribution < 1.29 is 4.39 Å². The number of benzene rings is 1. The van der Waals surface area contributed by atoms with E-state index in [0.29, 0.717) is 11.5 Å². The summed E-state index contributed by atoms with van der Waals surface area (Å²) in [6.07, 6.45) is 6.11. The second kappa shape index (κ2) is 6.23. The maximum Gasteiger partial charge on any atom is 0.126 e. The molecule has 1 aliphatic carbocycles. The van der Waals surface area contributed by atoms with Gasteiger partial charge in [-0.1, -0.05) is 38.8 Å². The van der Waals surface area contributed by atoms with E-state index in [1.54, 1.807) is 6.07 Å². The quantitative estimate of drug-likeness (QED) is 0.624. The zero-order valence-corrected chi connectivity index (χ0v) is 12.9. The van der Waals surface area contributed by atoms with Crippen LogP contribution in [0.5, 0.6) is 0 Å². The highest BCUT2D eigenvalue weighted by atomic mass is 19.1. The van der Waals surface area contributed by atoms with E-state index in [0.717, 1.165) is 12.0 Å². The van der Waals surface area contributed by atoms with Gasteiger partial charge in [-0.2, -0.15) is 0 Å². The van der Waals surface area contributed by atoms with E-state index >= 15 is 0 Å². The minimum Gasteiger partial charge on any atom is -0.271 e. The van der Waals surface area contributed by atoms with Crippen LogP contribution in [0.1, 0.15) is 63.1 Å². The van der Waals surface area contributed by atoms with Crippen LogP contribution in [-0.4, -0.2) is 0 Å². The third-order valence-electron chi connectivity index (χ3n) is 4.71. The van der Waals surface area contributed by atoms with Crippen molar-refractivity contribution in [2.75, 3.05) is 0 Å². The zero-order chi connectivity index (χ0) is 14.8. The van der Waals surface area contributed by atoms with Crippen LogP contribution in [-0.2, 0) is 0 Å². The van der Waals surface area contributed by atoms with Gasteiger partial charge >= 0.3 is 0 Å².